The average molecular weight is 568 g/mol. The van der Waals surface area contributed by atoms with Crippen LogP contribution in [0.25, 0.3) is 0 Å². The predicted molar refractivity (Wildman–Crippen MR) is 138 cm³/mol. The fourth-order valence-electron chi connectivity index (χ4n) is 3.79. The second-order valence-electron chi connectivity index (χ2n) is 8.37. The first kappa shape index (κ1) is 29.2. The summed E-state index contributed by atoms with van der Waals surface area (Å²) >= 11 is 0.789. The molecule has 0 unspecified atom stereocenters. The maximum Gasteiger partial charge on any atom is 0.341 e. The Labute approximate surface area is 224 Å². The van der Waals surface area contributed by atoms with E-state index in [1.165, 1.54) is 42.6 Å². The summed E-state index contributed by atoms with van der Waals surface area (Å²) in [6, 6.07) is 5.41. The van der Waals surface area contributed by atoms with Gasteiger partial charge in [-0.05, 0) is 43.5 Å². The van der Waals surface area contributed by atoms with Gasteiger partial charge in [-0.15, -0.1) is 11.3 Å². The number of primary amides is 1. The van der Waals surface area contributed by atoms with E-state index in [0.29, 0.717) is 13.1 Å². The molecule has 38 heavy (non-hydrogen) atoms. The average Bonchev–Trinajstić information content (AvgIpc) is 3.23. The first-order chi connectivity index (χ1) is 18.1. The van der Waals surface area contributed by atoms with Gasteiger partial charge in [0.1, 0.15) is 11.6 Å². The molecule has 2 heterocycles. The molecule has 0 radical (unpaired) electrons. The summed E-state index contributed by atoms with van der Waals surface area (Å²) in [5.41, 5.74) is 5.53. The molecule has 1 aromatic heterocycles. The molecular weight excluding hydrogens is 538 g/mol. The number of nitrogens with one attached hydrogen (secondary N) is 1. The van der Waals surface area contributed by atoms with E-state index in [1.54, 1.807) is 0 Å². The van der Waals surface area contributed by atoms with Crippen LogP contribution < -0.4 is 11.1 Å². The van der Waals surface area contributed by atoms with E-state index < -0.39 is 40.4 Å². The summed E-state index contributed by atoms with van der Waals surface area (Å²) in [5.74, 6) is -3.28. The lowest BCUT2D eigenvalue weighted by Crippen LogP contribution is -2.35. The van der Waals surface area contributed by atoms with Crippen LogP contribution in [0.3, 0.4) is 0 Å². The van der Waals surface area contributed by atoms with Gasteiger partial charge in [0.15, 0.2) is 6.61 Å². The first-order valence-corrected chi connectivity index (χ1v) is 14.0. The van der Waals surface area contributed by atoms with Crippen molar-refractivity contribution in [2.75, 3.05) is 45.3 Å². The number of sulfonamides is 1. The molecule has 206 valence electrons. The van der Waals surface area contributed by atoms with E-state index in [1.807, 2.05) is 0 Å². The number of anilines is 1. The number of carbonyl (C=O) groups is 4. The molecule has 0 atom stereocenters. The Kier molecular flexibility index (Phi) is 9.96. The highest BCUT2D eigenvalue weighted by Crippen LogP contribution is 2.33. The van der Waals surface area contributed by atoms with Gasteiger partial charge in [-0.25, -0.2) is 18.0 Å². The van der Waals surface area contributed by atoms with Crippen LogP contribution in [0.2, 0.25) is 0 Å². The van der Waals surface area contributed by atoms with Gasteiger partial charge in [0, 0.05) is 20.2 Å². The standard InChI is InChI=1S/C24H29N3O9S2/c1-15-19(24(31)35-12-11-34-2)22(37-20(15)21(25)29)26-18(28)14-36-23(30)16-7-6-8-17(13-16)38(32,33)27-9-4-3-5-10-27/h6-8,13H,3-5,9-12,14H2,1-2H3,(H2,25,29)(H,26,28). The Morgan fingerprint density at radius 2 is 1.76 bits per heavy atom. The maximum absolute atomic E-state index is 12.9. The summed E-state index contributed by atoms with van der Waals surface area (Å²) in [6.07, 6.45) is 2.51. The number of carbonyl (C=O) groups excluding carboxylic acids is 4. The van der Waals surface area contributed by atoms with E-state index in [-0.39, 0.29) is 44.7 Å². The zero-order chi connectivity index (χ0) is 27.9. The minimum Gasteiger partial charge on any atom is -0.460 e. The lowest BCUT2D eigenvalue weighted by atomic mass is 10.1. The molecule has 1 aliphatic rings. The van der Waals surface area contributed by atoms with Crippen molar-refractivity contribution in [3.05, 3.63) is 45.8 Å². The number of thiophene rings is 1. The molecular formula is C24H29N3O9S2. The number of nitrogens with two attached hydrogens (primary N) is 1. The molecule has 0 spiro atoms. The van der Waals surface area contributed by atoms with Crippen LogP contribution >= 0.6 is 11.3 Å². The molecule has 14 heteroatoms. The molecule has 3 N–H and O–H groups in total. The Morgan fingerprint density at radius 3 is 2.42 bits per heavy atom. The largest absolute Gasteiger partial charge is 0.460 e. The van der Waals surface area contributed by atoms with E-state index >= 15 is 0 Å². The van der Waals surface area contributed by atoms with E-state index in [0.717, 1.165) is 30.6 Å². The van der Waals surface area contributed by atoms with Crippen molar-refractivity contribution in [3.8, 4) is 0 Å². The van der Waals surface area contributed by atoms with Crippen LogP contribution in [-0.2, 0) is 29.0 Å². The summed E-state index contributed by atoms with van der Waals surface area (Å²) in [6.45, 7) is 1.69. The van der Waals surface area contributed by atoms with Crippen molar-refractivity contribution >= 4 is 50.1 Å². The number of hydrogen-bond acceptors (Lipinski definition) is 10. The highest BCUT2D eigenvalue weighted by molar-refractivity contribution is 7.89. The van der Waals surface area contributed by atoms with E-state index in [2.05, 4.69) is 5.32 Å². The number of ether oxygens (including phenoxy) is 3. The number of methoxy groups -OCH3 is 1. The lowest BCUT2D eigenvalue weighted by molar-refractivity contribution is -0.119. The fourth-order valence-corrected chi connectivity index (χ4v) is 6.41. The first-order valence-electron chi connectivity index (χ1n) is 11.7. The third kappa shape index (κ3) is 6.95. The van der Waals surface area contributed by atoms with Crippen molar-refractivity contribution in [2.24, 2.45) is 5.73 Å². The van der Waals surface area contributed by atoms with Crippen LogP contribution in [0.4, 0.5) is 5.00 Å². The molecule has 3 rings (SSSR count). The summed E-state index contributed by atoms with van der Waals surface area (Å²) in [5, 5.41) is 2.45. The van der Waals surface area contributed by atoms with Gasteiger partial charge in [0.05, 0.1) is 27.5 Å². The smallest absolute Gasteiger partial charge is 0.341 e. The minimum atomic E-state index is -3.76. The molecule has 0 aliphatic carbocycles. The zero-order valence-corrected chi connectivity index (χ0v) is 22.6. The van der Waals surface area contributed by atoms with Crippen LogP contribution in [0.15, 0.2) is 29.2 Å². The van der Waals surface area contributed by atoms with Crippen LogP contribution in [0.1, 0.15) is 55.2 Å². The lowest BCUT2D eigenvalue weighted by Gasteiger charge is -2.25. The summed E-state index contributed by atoms with van der Waals surface area (Å²) < 4.78 is 42.2. The van der Waals surface area contributed by atoms with Gasteiger partial charge in [0.2, 0.25) is 10.0 Å². The second-order valence-corrected chi connectivity index (χ2v) is 11.3. The van der Waals surface area contributed by atoms with Crippen LogP contribution in [0, 0.1) is 6.92 Å². The SMILES string of the molecule is COCCOC(=O)c1c(NC(=O)COC(=O)c2cccc(S(=O)(=O)N3CCCCC3)c2)sc(C(N)=O)c1C. The molecule has 0 bridgehead atoms. The predicted octanol–water partition coefficient (Wildman–Crippen LogP) is 1.93. The number of nitrogens with zero attached hydrogens (tertiary/aromatic N) is 1. The quantitative estimate of drug-likeness (QED) is 0.304. The van der Waals surface area contributed by atoms with Crippen molar-refractivity contribution in [1.29, 1.82) is 0 Å². The summed E-state index contributed by atoms with van der Waals surface area (Å²) in [7, 11) is -2.33. The van der Waals surface area contributed by atoms with Crippen molar-refractivity contribution in [3.63, 3.8) is 0 Å². The number of esters is 2. The molecule has 12 nitrogen and oxygen atoms in total. The van der Waals surface area contributed by atoms with E-state index in [9.17, 15) is 27.6 Å². The maximum atomic E-state index is 12.9. The number of rotatable bonds is 11. The minimum absolute atomic E-state index is 0.00869. The molecule has 2 amide bonds. The fraction of sp³-hybridized carbons (Fsp3) is 0.417. The number of benzene rings is 1. The molecule has 1 aliphatic heterocycles. The van der Waals surface area contributed by atoms with Crippen molar-refractivity contribution in [2.45, 2.75) is 31.1 Å². The number of hydrogen-bond donors (Lipinski definition) is 2. The van der Waals surface area contributed by atoms with Crippen LogP contribution in [0.5, 0.6) is 0 Å². The van der Waals surface area contributed by atoms with Crippen molar-refractivity contribution in [1.82, 2.24) is 4.31 Å². The third-order valence-corrected chi connectivity index (χ3v) is 8.82. The molecule has 1 fully saturated rings. The highest BCUT2D eigenvalue weighted by atomic mass is 32.2. The van der Waals surface area contributed by atoms with Gasteiger partial charge < -0.3 is 25.3 Å². The molecule has 0 saturated carbocycles. The number of amides is 2. The van der Waals surface area contributed by atoms with Gasteiger partial charge in [-0.1, -0.05) is 12.5 Å². The number of piperidine rings is 1. The van der Waals surface area contributed by atoms with Gasteiger partial charge in [-0.2, -0.15) is 4.31 Å². The Bertz CT molecular complexity index is 1320. The molecule has 1 aromatic carbocycles. The monoisotopic (exact) mass is 567 g/mol. The van der Waals surface area contributed by atoms with Gasteiger partial charge >= 0.3 is 11.9 Å². The summed E-state index contributed by atoms with van der Waals surface area (Å²) in [4.78, 5) is 49.4. The topological polar surface area (TPSA) is 171 Å². The second kappa shape index (κ2) is 13.0. The zero-order valence-electron chi connectivity index (χ0n) is 21.0. The third-order valence-electron chi connectivity index (χ3n) is 5.71. The Morgan fingerprint density at radius 1 is 1.05 bits per heavy atom. The Balaban J connectivity index is 1.68. The van der Waals surface area contributed by atoms with Gasteiger partial charge in [-0.3, -0.25) is 9.59 Å². The molecule has 2 aromatic rings. The molecule has 1 saturated heterocycles. The normalized spacial score (nSPS) is 14.1. The van der Waals surface area contributed by atoms with Gasteiger partial charge in [0.25, 0.3) is 11.8 Å². The Hall–Kier alpha value is -3.33. The van der Waals surface area contributed by atoms with Crippen molar-refractivity contribution < 1.29 is 41.8 Å². The van der Waals surface area contributed by atoms with Crippen LogP contribution in [-0.4, -0.2) is 76.5 Å². The van der Waals surface area contributed by atoms with E-state index in [4.69, 9.17) is 19.9 Å². The highest BCUT2D eigenvalue weighted by Gasteiger charge is 2.28.